The van der Waals surface area contributed by atoms with Crippen LogP contribution in [-0.2, 0) is 6.42 Å². The molecular formula is C19H21NO5. The third-order valence-corrected chi connectivity index (χ3v) is 3.76. The molecule has 25 heavy (non-hydrogen) atoms. The SMILES string of the molecule is COc1ccc(CCNC(=O)c2cc(C)cc(C(=O)O)c2)c(OC)c1. The Morgan fingerprint density at radius 2 is 1.76 bits per heavy atom. The van der Waals surface area contributed by atoms with E-state index < -0.39 is 5.97 Å². The lowest BCUT2D eigenvalue weighted by Crippen LogP contribution is -2.26. The first-order chi connectivity index (χ1) is 11.9. The first kappa shape index (κ1) is 18.3. The van der Waals surface area contributed by atoms with Crippen LogP contribution in [0.3, 0.4) is 0 Å². The summed E-state index contributed by atoms with van der Waals surface area (Å²) in [4.78, 5) is 23.4. The highest BCUT2D eigenvalue weighted by Gasteiger charge is 2.11. The predicted molar refractivity (Wildman–Crippen MR) is 93.7 cm³/mol. The minimum Gasteiger partial charge on any atom is -0.497 e. The highest BCUT2D eigenvalue weighted by atomic mass is 16.5. The molecular weight excluding hydrogens is 322 g/mol. The van der Waals surface area contributed by atoms with Gasteiger partial charge in [-0.25, -0.2) is 4.79 Å². The molecule has 2 rings (SSSR count). The summed E-state index contributed by atoms with van der Waals surface area (Å²) in [5.41, 5.74) is 2.10. The van der Waals surface area contributed by atoms with Crippen molar-refractivity contribution in [3.8, 4) is 11.5 Å². The van der Waals surface area contributed by atoms with Gasteiger partial charge >= 0.3 is 5.97 Å². The fraction of sp³-hybridized carbons (Fsp3) is 0.263. The van der Waals surface area contributed by atoms with Crippen molar-refractivity contribution in [1.82, 2.24) is 5.32 Å². The Hall–Kier alpha value is -3.02. The van der Waals surface area contributed by atoms with Crippen LogP contribution in [0.15, 0.2) is 36.4 Å². The summed E-state index contributed by atoms with van der Waals surface area (Å²) in [7, 11) is 3.17. The molecule has 132 valence electrons. The minimum absolute atomic E-state index is 0.0990. The van der Waals surface area contributed by atoms with E-state index in [1.165, 1.54) is 12.1 Å². The van der Waals surface area contributed by atoms with Crippen LogP contribution in [0.1, 0.15) is 31.8 Å². The summed E-state index contributed by atoms with van der Waals surface area (Å²) >= 11 is 0. The van der Waals surface area contributed by atoms with Crippen LogP contribution >= 0.6 is 0 Å². The molecule has 0 aliphatic heterocycles. The zero-order valence-electron chi connectivity index (χ0n) is 14.5. The molecule has 6 nitrogen and oxygen atoms in total. The molecule has 1 amide bonds. The Balaban J connectivity index is 2.02. The summed E-state index contributed by atoms with van der Waals surface area (Å²) in [6.07, 6.45) is 0.580. The maximum atomic E-state index is 12.3. The van der Waals surface area contributed by atoms with Crippen molar-refractivity contribution in [1.29, 1.82) is 0 Å². The molecule has 0 saturated heterocycles. The largest absolute Gasteiger partial charge is 0.497 e. The summed E-state index contributed by atoms with van der Waals surface area (Å²) in [5, 5.41) is 11.9. The van der Waals surface area contributed by atoms with Gasteiger partial charge in [-0.15, -0.1) is 0 Å². The molecule has 2 N–H and O–H groups in total. The Morgan fingerprint density at radius 1 is 1.04 bits per heavy atom. The molecule has 0 spiro atoms. The monoisotopic (exact) mass is 343 g/mol. The molecule has 0 unspecified atom stereocenters. The quantitative estimate of drug-likeness (QED) is 0.807. The maximum absolute atomic E-state index is 12.3. The lowest BCUT2D eigenvalue weighted by Gasteiger charge is -2.11. The standard InChI is InChI=1S/C19H21NO5/c1-12-8-14(10-15(9-12)19(22)23)18(21)20-7-6-13-4-5-16(24-2)11-17(13)25-3/h4-5,8-11H,6-7H2,1-3H3,(H,20,21)(H,22,23). The fourth-order valence-corrected chi connectivity index (χ4v) is 2.51. The van der Waals surface area contributed by atoms with Crippen molar-refractivity contribution in [3.05, 3.63) is 58.7 Å². The van der Waals surface area contributed by atoms with Crippen LogP contribution in [0.2, 0.25) is 0 Å². The topological polar surface area (TPSA) is 84.9 Å². The summed E-state index contributed by atoms with van der Waals surface area (Å²) in [5.74, 6) is 0.0299. The van der Waals surface area contributed by atoms with E-state index in [0.717, 1.165) is 11.1 Å². The smallest absolute Gasteiger partial charge is 0.335 e. The molecule has 2 aromatic carbocycles. The average Bonchev–Trinajstić information content (AvgIpc) is 2.61. The van der Waals surface area contributed by atoms with Gasteiger partial charge in [0.1, 0.15) is 11.5 Å². The number of benzene rings is 2. The molecule has 0 aliphatic rings. The Morgan fingerprint density at radius 3 is 2.40 bits per heavy atom. The second-order valence-corrected chi connectivity index (χ2v) is 5.58. The zero-order valence-corrected chi connectivity index (χ0v) is 14.5. The van der Waals surface area contributed by atoms with Gasteiger partial charge in [-0.1, -0.05) is 6.07 Å². The second kappa shape index (κ2) is 8.19. The third-order valence-electron chi connectivity index (χ3n) is 3.76. The van der Waals surface area contributed by atoms with Crippen molar-refractivity contribution in [2.45, 2.75) is 13.3 Å². The van der Waals surface area contributed by atoms with E-state index in [1.54, 1.807) is 33.3 Å². The van der Waals surface area contributed by atoms with Gasteiger partial charge in [-0.2, -0.15) is 0 Å². The van der Waals surface area contributed by atoms with Gasteiger partial charge in [0.25, 0.3) is 5.91 Å². The number of hydrogen-bond donors (Lipinski definition) is 2. The molecule has 0 bridgehead atoms. The van der Waals surface area contributed by atoms with Crippen LogP contribution < -0.4 is 14.8 Å². The minimum atomic E-state index is -1.05. The lowest BCUT2D eigenvalue weighted by molar-refractivity contribution is 0.0696. The van der Waals surface area contributed by atoms with Gasteiger partial charge in [-0.3, -0.25) is 4.79 Å². The van der Waals surface area contributed by atoms with Crippen molar-refractivity contribution in [2.24, 2.45) is 0 Å². The van der Waals surface area contributed by atoms with Crippen molar-refractivity contribution in [3.63, 3.8) is 0 Å². The van der Waals surface area contributed by atoms with Gasteiger partial charge in [0.15, 0.2) is 0 Å². The lowest BCUT2D eigenvalue weighted by atomic mass is 10.1. The van der Waals surface area contributed by atoms with Gasteiger partial charge in [0.2, 0.25) is 0 Å². The number of hydrogen-bond acceptors (Lipinski definition) is 4. The fourth-order valence-electron chi connectivity index (χ4n) is 2.51. The van der Waals surface area contributed by atoms with Gasteiger partial charge in [0.05, 0.1) is 19.8 Å². The van der Waals surface area contributed by atoms with E-state index >= 15 is 0 Å². The number of ether oxygens (including phenoxy) is 2. The summed E-state index contributed by atoms with van der Waals surface area (Å²) in [6, 6.07) is 10.1. The number of carboxylic acids is 1. The van der Waals surface area contributed by atoms with E-state index in [9.17, 15) is 9.59 Å². The van der Waals surface area contributed by atoms with E-state index in [-0.39, 0.29) is 11.5 Å². The van der Waals surface area contributed by atoms with Crippen LogP contribution in [0.4, 0.5) is 0 Å². The summed E-state index contributed by atoms with van der Waals surface area (Å²) in [6.45, 7) is 2.16. The van der Waals surface area contributed by atoms with Gasteiger partial charge in [-0.05, 0) is 48.7 Å². The van der Waals surface area contributed by atoms with Crippen LogP contribution in [0.5, 0.6) is 11.5 Å². The average molecular weight is 343 g/mol. The van der Waals surface area contributed by atoms with Crippen molar-refractivity contribution < 1.29 is 24.2 Å². The van der Waals surface area contributed by atoms with Crippen LogP contribution in [-0.4, -0.2) is 37.7 Å². The molecule has 2 aromatic rings. The van der Waals surface area contributed by atoms with Crippen LogP contribution in [0, 0.1) is 6.92 Å². The molecule has 0 saturated carbocycles. The Kier molecular flexibility index (Phi) is 6.00. The van der Waals surface area contributed by atoms with Crippen LogP contribution in [0.25, 0.3) is 0 Å². The molecule has 0 radical (unpaired) electrons. The number of carboxylic acid groups (broad SMARTS) is 1. The number of carbonyl (C=O) groups is 2. The number of methoxy groups -OCH3 is 2. The number of rotatable bonds is 7. The zero-order chi connectivity index (χ0) is 18.4. The van der Waals surface area contributed by atoms with E-state index in [0.29, 0.717) is 30.0 Å². The van der Waals surface area contributed by atoms with Gasteiger partial charge in [0, 0.05) is 18.2 Å². The number of aryl methyl sites for hydroxylation is 1. The third kappa shape index (κ3) is 4.73. The molecule has 0 heterocycles. The number of nitrogens with one attached hydrogen (secondary N) is 1. The molecule has 0 atom stereocenters. The number of aromatic carboxylic acids is 1. The molecule has 0 fully saturated rings. The van der Waals surface area contributed by atoms with Gasteiger partial charge < -0.3 is 19.9 Å². The Bertz CT molecular complexity index is 785. The highest BCUT2D eigenvalue weighted by molar-refractivity contribution is 5.97. The maximum Gasteiger partial charge on any atom is 0.335 e. The molecule has 0 aliphatic carbocycles. The van der Waals surface area contributed by atoms with Crippen molar-refractivity contribution in [2.75, 3.05) is 20.8 Å². The number of carbonyl (C=O) groups excluding carboxylic acids is 1. The normalized spacial score (nSPS) is 10.2. The predicted octanol–water partition coefficient (Wildman–Crippen LogP) is 2.68. The molecule has 0 aromatic heterocycles. The van der Waals surface area contributed by atoms with E-state index in [4.69, 9.17) is 14.6 Å². The molecule has 6 heteroatoms. The first-order valence-corrected chi connectivity index (χ1v) is 7.78. The van der Waals surface area contributed by atoms with E-state index in [1.807, 2.05) is 12.1 Å². The van der Waals surface area contributed by atoms with Crippen molar-refractivity contribution >= 4 is 11.9 Å². The Labute approximate surface area is 146 Å². The number of amides is 1. The highest BCUT2D eigenvalue weighted by Crippen LogP contribution is 2.24. The second-order valence-electron chi connectivity index (χ2n) is 5.58. The summed E-state index contributed by atoms with van der Waals surface area (Å²) < 4.78 is 10.5. The first-order valence-electron chi connectivity index (χ1n) is 7.78. The van der Waals surface area contributed by atoms with E-state index in [2.05, 4.69) is 5.32 Å².